The molecular weight excluding hydrogens is 320 g/mol. The SMILES string of the molecule is CN(C)c1nccc(C2CN(C(=O)CCc3cnn(C)c3)CCO2)n1. The Labute approximate surface area is 147 Å². The van der Waals surface area contributed by atoms with Crippen LogP contribution in [0.25, 0.3) is 0 Å². The van der Waals surface area contributed by atoms with Gasteiger partial charge in [-0.15, -0.1) is 0 Å². The maximum absolute atomic E-state index is 12.5. The van der Waals surface area contributed by atoms with Crippen molar-refractivity contribution >= 4 is 11.9 Å². The highest BCUT2D eigenvalue weighted by atomic mass is 16.5. The predicted octanol–water partition coefficient (Wildman–Crippen LogP) is 0.809. The van der Waals surface area contributed by atoms with Gasteiger partial charge in [0.1, 0.15) is 6.10 Å². The van der Waals surface area contributed by atoms with Gasteiger partial charge in [-0.1, -0.05) is 0 Å². The molecular formula is C17H24N6O2. The maximum Gasteiger partial charge on any atom is 0.225 e. The van der Waals surface area contributed by atoms with Crippen LogP contribution in [0.5, 0.6) is 0 Å². The predicted molar refractivity (Wildman–Crippen MR) is 93.2 cm³/mol. The summed E-state index contributed by atoms with van der Waals surface area (Å²) in [6.45, 7) is 1.66. The number of rotatable bonds is 5. The molecule has 25 heavy (non-hydrogen) atoms. The lowest BCUT2D eigenvalue weighted by Gasteiger charge is -2.33. The number of amides is 1. The molecule has 2 aromatic rings. The van der Waals surface area contributed by atoms with E-state index in [1.807, 2.05) is 43.2 Å². The second-order valence-corrected chi connectivity index (χ2v) is 6.40. The van der Waals surface area contributed by atoms with Crippen molar-refractivity contribution in [1.29, 1.82) is 0 Å². The van der Waals surface area contributed by atoms with Crippen LogP contribution in [0, 0.1) is 0 Å². The Hall–Kier alpha value is -2.48. The zero-order valence-electron chi connectivity index (χ0n) is 14.9. The minimum absolute atomic E-state index is 0.138. The molecule has 1 amide bonds. The van der Waals surface area contributed by atoms with Gasteiger partial charge in [0.25, 0.3) is 0 Å². The maximum atomic E-state index is 12.5. The van der Waals surface area contributed by atoms with Crippen molar-refractivity contribution in [3.63, 3.8) is 0 Å². The van der Waals surface area contributed by atoms with Gasteiger partial charge in [0.05, 0.1) is 25.0 Å². The number of aryl methyl sites for hydroxylation is 2. The molecule has 0 radical (unpaired) electrons. The summed E-state index contributed by atoms with van der Waals surface area (Å²) in [5, 5.41) is 4.13. The van der Waals surface area contributed by atoms with Gasteiger partial charge in [-0.3, -0.25) is 9.48 Å². The molecule has 0 N–H and O–H groups in total. The summed E-state index contributed by atoms with van der Waals surface area (Å²) in [5.74, 6) is 0.778. The molecule has 8 nitrogen and oxygen atoms in total. The van der Waals surface area contributed by atoms with Crippen LogP contribution in [0.4, 0.5) is 5.95 Å². The summed E-state index contributed by atoms with van der Waals surface area (Å²) in [4.78, 5) is 25.0. The number of nitrogens with zero attached hydrogens (tertiary/aromatic N) is 6. The molecule has 134 valence electrons. The van der Waals surface area contributed by atoms with Crippen LogP contribution in [-0.2, 0) is 23.0 Å². The summed E-state index contributed by atoms with van der Waals surface area (Å²) in [6.07, 6.45) is 6.44. The van der Waals surface area contributed by atoms with Crippen molar-refractivity contribution in [2.75, 3.05) is 38.7 Å². The fourth-order valence-electron chi connectivity index (χ4n) is 2.82. The van der Waals surface area contributed by atoms with Crippen LogP contribution in [-0.4, -0.2) is 64.3 Å². The van der Waals surface area contributed by atoms with E-state index in [9.17, 15) is 4.79 Å². The average molecular weight is 344 g/mol. The number of hydrogen-bond donors (Lipinski definition) is 0. The molecule has 8 heteroatoms. The minimum atomic E-state index is -0.210. The fourth-order valence-corrected chi connectivity index (χ4v) is 2.82. The number of hydrogen-bond acceptors (Lipinski definition) is 6. The Morgan fingerprint density at radius 1 is 1.44 bits per heavy atom. The van der Waals surface area contributed by atoms with Gasteiger partial charge in [0.15, 0.2) is 0 Å². The smallest absolute Gasteiger partial charge is 0.225 e. The van der Waals surface area contributed by atoms with Crippen LogP contribution in [0.2, 0.25) is 0 Å². The van der Waals surface area contributed by atoms with Crippen LogP contribution >= 0.6 is 0 Å². The van der Waals surface area contributed by atoms with E-state index in [0.29, 0.717) is 38.5 Å². The molecule has 0 bridgehead atoms. The van der Waals surface area contributed by atoms with Crippen molar-refractivity contribution in [3.8, 4) is 0 Å². The van der Waals surface area contributed by atoms with E-state index in [1.54, 1.807) is 17.1 Å². The molecule has 1 aliphatic heterocycles. The van der Waals surface area contributed by atoms with E-state index < -0.39 is 0 Å². The number of carbonyl (C=O) groups is 1. The summed E-state index contributed by atoms with van der Waals surface area (Å²) in [6, 6.07) is 1.85. The first kappa shape index (κ1) is 17.3. The quantitative estimate of drug-likeness (QED) is 0.799. The lowest BCUT2D eigenvalue weighted by atomic mass is 10.1. The highest BCUT2D eigenvalue weighted by Crippen LogP contribution is 2.22. The molecule has 1 atom stereocenters. The Morgan fingerprint density at radius 2 is 2.28 bits per heavy atom. The molecule has 3 rings (SSSR count). The Kier molecular flexibility index (Phi) is 5.28. The molecule has 1 unspecified atom stereocenters. The molecule has 1 saturated heterocycles. The summed E-state index contributed by atoms with van der Waals surface area (Å²) in [7, 11) is 5.67. The second kappa shape index (κ2) is 7.60. The van der Waals surface area contributed by atoms with E-state index in [0.717, 1.165) is 11.3 Å². The van der Waals surface area contributed by atoms with Crippen molar-refractivity contribution in [2.24, 2.45) is 7.05 Å². The number of morpholine rings is 1. The standard InChI is InChI=1S/C17H24N6O2/c1-21(2)17-18-7-6-14(20-17)15-12-23(8-9-25-15)16(24)5-4-13-10-19-22(3)11-13/h6-7,10-11,15H,4-5,8-9,12H2,1-3H3. The van der Waals surface area contributed by atoms with E-state index in [2.05, 4.69) is 15.1 Å². The molecule has 1 fully saturated rings. The number of ether oxygens (including phenoxy) is 1. The van der Waals surface area contributed by atoms with Crippen LogP contribution in [0.15, 0.2) is 24.7 Å². The van der Waals surface area contributed by atoms with Gasteiger partial charge < -0.3 is 14.5 Å². The summed E-state index contributed by atoms with van der Waals surface area (Å²) in [5.41, 5.74) is 1.88. The van der Waals surface area contributed by atoms with Crippen molar-refractivity contribution < 1.29 is 9.53 Å². The van der Waals surface area contributed by atoms with Gasteiger partial charge >= 0.3 is 0 Å². The van der Waals surface area contributed by atoms with Gasteiger partial charge in [0, 0.05) is 46.5 Å². The zero-order valence-corrected chi connectivity index (χ0v) is 14.9. The summed E-state index contributed by atoms with van der Waals surface area (Å²) >= 11 is 0. The zero-order chi connectivity index (χ0) is 17.8. The van der Waals surface area contributed by atoms with E-state index in [4.69, 9.17) is 4.74 Å². The van der Waals surface area contributed by atoms with Gasteiger partial charge in [0.2, 0.25) is 11.9 Å². The largest absolute Gasteiger partial charge is 0.368 e. The second-order valence-electron chi connectivity index (χ2n) is 6.40. The third-order valence-electron chi connectivity index (χ3n) is 4.20. The first-order valence-electron chi connectivity index (χ1n) is 8.40. The monoisotopic (exact) mass is 344 g/mol. The lowest BCUT2D eigenvalue weighted by molar-refractivity contribution is -0.139. The minimum Gasteiger partial charge on any atom is -0.368 e. The summed E-state index contributed by atoms with van der Waals surface area (Å²) < 4.78 is 7.58. The fraction of sp³-hybridized carbons (Fsp3) is 0.529. The van der Waals surface area contributed by atoms with Gasteiger partial charge in [-0.05, 0) is 18.1 Å². The van der Waals surface area contributed by atoms with Gasteiger partial charge in [-0.2, -0.15) is 5.10 Å². The number of anilines is 1. The van der Waals surface area contributed by atoms with Crippen molar-refractivity contribution in [3.05, 3.63) is 35.9 Å². The molecule has 2 aromatic heterocycles. The molecule has 1 aliphatic rings. The third kappa shape index (κ3) is 4.33. The lowest BCUT2D eigenvalue weighted by Crippen LogP contribution is -2.42. The first-order valence-corrected chi connectivity index (χ1v) is 8.40. The number of aromatic nitrogens is 4. The molecule has 0 saturated carbocycles. The van der Waals surface area contributed by atoms with Crippen LogP contribution in [0.1, 0.15) is 23.8 Å². The average Bonchev–Trinajstić information content (AvgIpc) is 3.05. The van der Waals surface area contributed by atoms with E-state index >= 15 is 0 Å². The molecule has 0 spiro atoms. The Morgan fingerprint density at radius 3 is 3.00 bits per heavy atom. The van der Waals surface area contributed by atoms with Crippen molar-refractivity contribution in [2.45, 2.75) is 18.9 Å². The third-order valence-corrected chi connectivity index (χ3v) is 4.20. The van der Waals surface area contributed by atoms with E-state index in [-0.39, 0.29) is 12.0 Å². The first-order chi connectivity index (χ1) is 12.0. The Bertz CT molecular complexity index is 729. The molecule has 0 aromatic carbocycles. The van der Waals surface area contributed by atoms with Crippen LogP contribution < -0.4 is 4.90 Å². The van der Waals surface area contributed by atoms with Crippen molar-refractivity contribution in [1.82, 2.24) is 24.6 Å². The Balaban J connectivity index is 1.60. The van der Waals surface area contributed by atoms with Crippen LogP contribution in [0.3, 0.4) is 0 Å². The molecule has 0 aliphatic carbocycles. The highest BCUT2D eigenvalue weighted by Gasteiger charge is 2.26. The normalized spacial score (nSPS) is 17.6. The number of carbonyl (C=O) groups excluding carboxylic acids is 1. The van der Waals surface area contributed by atoms with E-state index in [1.165, 1.54) is 0 Å². The van der Waals surface area contributed by atoms with Gasteiger partial charge in [-0.25, -0.2) is 9.97 Å². The molecule has 3 heterocycles. The highest BCUT2D eigenvalue weighted by molar-refractivity contribution is 5.76. The topological polar surface area (TPSA) is 76.4 Å².